The maximum absolute atomic E-state index is 13.2. The van der Waals surface area contributed by atoms with Crippen molar-refractivity contribution in [1.29, 1.82) is 0 Å². The van der Waals surface area contributed by atoms with E-state index < -0.39 is 11.6 Å². The molecule has 0 radical (unpaired) electrons. The van der Waals surface area contributed by atoms with Crippen LogP contribution in [0.3, 0.4) is 0 Å². The minimum atomic E-state index is -0.748. The van der Waals surface area contributed by atoms with Gasteiger partial charge in [-0.15, -0.1) is 0 Å². The van der Waals surface area contributed by atoms with E-state index in [4.69, 9.17) is 16.3 Å². The lowest BCUT2D eigenvalue weighted by Gasteiger charge is -2.31. The van der Waals surface area contributed by atoms with E-state index in [0.717, 1.165) is 0 Å². The maximum Gasteiger partial charge on any atom is 0.261 e. The van der Waals surface area contributed by atoms with Crippen molar-refractivity contribution < 1.29 is 18.7 Å². The molecule has 1 atom stereocenters. The molecule has 0 saturated carbocycles. The molecule has 0 spiro atoms. The number of carbonyl (C=O) groups is 2. The highest BCUT2D eigenvalue weighted by molar-refractivity contribution is 6.32. The van der Waals surface area contributed by atoms with Gasteiger partial charge in [-0.1, -0.05) is 35.9 Å². The molecule has 0 bridgehead atoms. The van der Waals surface area contributed by atoms with Crippen LogP contribution in [0.4, 0.5) is 4.39 Å². The summed E-state index contributed by atoms with van der Waals surface area (Å²) in [5, 5.41) is 3.27. The minimum Gasteiger partial charge on any atom is -0.482 e. The average molecular weight is 421 g/mol. The molecule has 2 amide bonds. The van der Waals surface area contributed by atoms with Gasteiger partial charge in [-0.2, -0.15) is 0 Å². The van der Waals surface area contributed by atoms with Gasteiger partial charge in [0.05, 0.1) is 5.02 Å². The molecule has 0 heterocycles. The molecule has 2 rings (SSSR count). The van der Waals surface area contributed by atoms with Gasteiger partial charge >= 0.3 is 0 Å². The van der Waals surface area contributed by atoms with E-state index in [2.05, 4.69) is 5.32 Å². The lowest BCUT2D eigenvalue weighted by molar-refractivity contribution is -0.142. The van der Waals surface area contributed by atoms with Crippen LogP contribution >= 0.6 is 11.6 Å². The summed E-state index contributed by atoms with van der Waals surface area (Å²) in [6, 6.07) is 11.9. The van der Waals surface area contributed by atoms with Gasteiger partial charge in [0, 0.05) is 12.1 Å². The Hall–Kier alpha value is -2.60. The molecule has 0 aliphatic rings. The van der Waals surface area contributed by atoms with E-state index in [0.29, 0.717) is 16.3 Å². The van der Waals surface area contributed by atoms with E-state index >= 15 is 0 Å². The first-order valence-corrected chi connectivity index (χ1v) is 9.68. The molecular formula is C22H26ClFN2O3. The number of ether oxygens (including phenoxy) is 1. The summed E-state index contributed by atoms with van der Waals surface area (Å²) < 4.78 is 18.8. The van der Waals surface area contributed by atoms with Gasteiger partial charge in [0.15, 0.2) is 6.61 Å². The predicted molar refractivity (Wildman–Crippen MR) is 111 cm³/mol. The van der Waals surface area contributed by atoms with Gasteiger partial charge in [-0.05, 0) is 57.5 Å². The fraction of sp³-hybridized carbons (Fsp3) is 0.364. The zero-order chi connectivity index (χ0) is 21.6. The molecule has 29 heavy (non-hydrogen) atoms. The first kappa shape index (κ1) is 22.7. The number of carbonyl (C=O) groups excluding carboxylic acids is 2. The number of halogens is 2. The largest absolute Gasteiger partial charge is 0.482 e. The van der Waals surface area contributed by atoms with E-state index in [9.17, 15) is 14.0 Å². The molecule has 7 heteroatoms. The van der Waals surface area contributed by atoms with Crippen molar-refractivity contribution in [3.05, 3.63) is 64.9 Å². The Morgan fingerprint density at radius 3 is 2.34 bits per heavy atom. The number of hydrogen-bond acceptors (Lipinski definition) is 3. The highest BCUT2D eigenvalue weighted by Crippen LogP contribution is 2.23. The van der Waals surface area contributed by atoms with Crippen molar-refractivity contribution in [3.8, 4) is 5.75 Å². The quantitative estimate of drug-likeness (QED) is 0.730. The van der Waals surface area contributed by atoms with Crippen LogP contribution in [0.5, 0.6) is 5.75 Å². The van der Waals surface area contributed by atoms with Crippen LogP contribution in [-0.2, 0) is 16.1 Å². The minimum absolute atomic E-state index is 0.143. The summed E-state index contributed by atoms with van der Waals surface area (Å²) in [6.45, 7) is 7.11. The molecule has 156 valence electrons. The molecule has 0 aliphatic heterocycles. The third kappa shape index (κ3) is 7.06. The third-order valence-electron chi connectivity index (χ3n) is 4.12. The topological polar surface area (TPSA) is 58.6 Å². The normalized spacial score (nSPS) is 12.2. The van der Waals surface area contributed by atoms with Crippen LogP contribution in [-0.4, -0.2) is 34.9 Å². The average Bonchev–Trinajstić information content (AvgIpc) is 2.64. The maximum atomic E-state index is 13.2. The summed E-state index contributed by atoms with van der Waals surface area (Å²) in [6.07, 6.45) is 0. The van der Waals surface area contributed by atoms with Gasteiger partial charge in [-0.3, -0.25) is 9.59 Å². The fourth-order valence-corrected chi connectivity index (χ4v) is 2.82. The summed E-state index contributed by atoms with van der Waals surface area (Å²) in [7, 11) is 0. The molecule has 5 nitrogen and oxygen atoms in total. The number of nitrogens with one attached hydrogen (secondary N) is 1. The van der Waals surface area contributed by atoms with Crippen LogP contribution in [0.2, 0.25) is 5.02 Å². The van der Waals surface area contributed by atoms with Crippen molar-refractivity contribution in [2.75, 3.05) is 6.61 Å². The Labute approximate surface area is 175 Å². The fourth-order valence-electron chi connectivity index (χ4n) is 2.63. The van der Waals surface area contributed by atoms with Crippen molar-refractivity contribution in [2.24, 2.45) is 0 Å². The van der Waals surface area contributed by atoms with Crippen LogP contribution in [0, 0.1) is 5.82 Å². The molecule has 0 saturated heterocycles. The summed E-state index contributed by atoms with van der Waals surface area (Å²) in [4.78, 5) is 27.0. The lowest BCUT2D eigenvalue weighted by atomic mass is 10.1. The second-order valence-corrected chi connectivity index (χ2v) is 8.19. The molecule has 1 unspecified atom stereocenters. The first-order chi connectivity index (χ1) is 13.6. The van der Waals surface area contributed by atoms with Gasteiger partial charge < -0.3 is 15.0 Å². The van der Waals surface area contributed by atoms with E-state index in [1.807, 2.05) is 20.8 Å². The SMILES string of the molecule is CC(C(=O)NC(C)(C)C)N(Cc1ccc(F)cc1)C(=O)COc1ccccc1Cl. The zero-order valence-corrected chi connectivity index (χ0v) is 17.8. The molecule has 2 aromatic carbocycles. The number of amides is 2. The number of hydrogen-bond donors (Lipinski definition) is 1. The Morgan fingerprint density at radius 2 is 1.76 bits per heavy atom. The zero-order valence-electron chi connectivity index (χ0n) is 17.0. The first-order valence-electron chi connectivity index (χ1n) is 9.30. The van der Waals surface area contributed by atoms with Gasteiger partial charge in [0.2, 0.25) is 5.91 Å². The molecule has 0 aromatic heterocycles. The lowest BCUT2D eigenvalue weighted by Crippen LogP contribution is -2.53. The number of nitrogens with zero attached hydrogens (tertiary/aromatic N) is 1. The molecule has 1 N–H and O–H groups in total. The number of benzene rings is 2. The van der Waals surface area contributed by atoms with Gasteiger partial charge in [-0.25, -0.2) is 4.39 Å². The second-order valence-electron chi connectivity index (χ2n) is 7.78. The van der Waals surface area contributed by atoms with Gasteiger partial charge in [0.1, 0.15) is 17.6 Å². The molecule has 2 aromatic rings. The van der Waals surface area contributed by atoms with Crippen molar-refractivity contribution in [2.45, 2.75) is 45.8 Å². The Balaban J connectivity index is 2.18. The van der Waals surface area contributed by atoms with Crippen LogP contribution < -0.4 is 10.1 Å². The van der Waals surface area contributed by atoms with E-state index in [-0.39, 0.29) is 30.8 Å². The highest BCUT2D eigenvalue weighted by Gasteiger charge is 2.28. The Morgan fingerprint density at radius 1 is 1.14 bits per heavy atom. The Bertz CT molecular complexity index is 850. The molecular weight excluding hydrogens is 395 g/mol. The molecule has 0 aliphatic carbocycles. The number of rotatable bonds is 7. The van der Waals surface area contributed by atoms with E-state index in [1.165, 1.54) is 17.0 Å². The smallest absolute Gasteiger partial charge is 0.261 e. The summed E-state index contributed by atoms with van der Waals surface area (Å²) in [5.41, 5.74) is 0.261. The standard InChI is InChI=1S/C22H26ClFN2O3/c1-15(21(28)25-22(2,3)4)26(13-16-9-11-17(24)12-10-16)20(27)14-29-19-8-6-5-7-18(19)23/h5-12,15H,13-14H2,1-4H3,(H,25,28). The second kappa shape index (κ2) is 9.74. The van der Waals surface area contributed by atoms with E-state index in [1.54, 1.807) is 43.3 Å². The summed E-state index contributed by atoms with van der Waals surface area (Å²) >= 11 is 6.07. The van der Waals surface area contributed by atoms with Crippen LogP contribution in [0.1, 0.15) is 33.3 Å². The number of para-hydroxylation sites is 1. The molecule has 0 fully saturated rings. The third-order valence-corrected chi connectivity index (χ3v) is 4.43. The van der Waals surface area contributed by atoms with Crippen LogP contribution in [0.15, 0.2) is 48.5 Å². The monoisotopic (exact) mass is 420 g/mol. The predicted octanol–water partition coefficient (Wildman–Crippen LogP) is 4.19. The Kier molecular flexibility index (Phi) is 7.62. The highest BCUT2D eigenvalue weighted by atomic mass is 35.5. The van der Waals surface area contributed by atoms with Crippen LogP contribution in [0.25, 0.3) is 0 Å². The van der Waals surface area contributed by atoms with Crippen molar-refractivity contribution in [3.63, 3.8) is 0 Å². The van der Waals surface area contributed by atoms with Crippen molar-refractivity contribution in [1.82, 2.24) is 10.2 Å². The van der Waals surface area contributed by atoms with Crippen molar-refractivity contribution >= 4 is 23.4 Å². The summed E-state index contributed by atoms with van der Waals surface area (Å²) in [5.74, 6) is -0.653. The van der Waals surface area contributed by atoms with Gasteiger partial charge in [0.25, 0.3) is 5.91 Å².